The Morgan fingerprint density at radius 3 is 2.69 bits per heavy atom. The van der Waals surface area contributed by atoms with E-state index in [1.165, 1.54) is 12.1 Å². The Balaban J connectivity index is 1.65. The average Bonchev–Trinajstić information content (AvgIpc) is 3.20. The van der Waals surface area contributed by atoms with Gasteiger partial charge in [-0.15, -0.1) is 0 Å². The molecule has 9 heteroatoms. The summed E-state index contributed by atoms with van der Waals surface area (Å²) >= 11 is 5.90. The Morgan fingerprint density at radius 2 is 1.94 bits per heavy atom. The lowest BCUT2D eigenvalue weighted by atomic mass is 10.00. The molecule has 0 saturated heterocycles. The maximum Gasteiger partial charge on any atom is 0.356 e. The molecule has 0 amide bonds. The molecule has 2 N–H and O–H groups in total. The van der Waals surface area contributed by atoms with Crippen molar-refractivity contribution in [2.45, 2.75) is 26.8 Å². The number of aryl methyl sites for hydroxylation is 3. The third-order valence-electron chi connectivity index (χ3n) is 6.10. The number of carbonyl (C=O) groups is 1. The van der Waals surface area contributed by atoms with E-state index >= 15 is 0 Å². The Labute approximate surface area is 211 Å². The number of anilines is 1. The molecule has 182 valence electrons. The van der Waals surface area contributed by atoms with E-state index in [1.54, 1.807) is 16.8 Å². The van der Waals surface area contributed by atoms with Gasteiger partial charge in [-0.25, -0.2) is 9.78 Å². The standard InChI is InChI=1S/C27H23ClN4O4/c1-13-7-18(15(3)29-20-5-6-23(28)30-25(20)27(34)35)26-19(8-13)21(33)11-22(36-26)16-9-14(2)24-17(10-16)12-32(4)31-24/h5-12,15,29H,1-4H3,(H,34,35). The molecule has 0 aliphatic carbocycles. The minimum Gasteiger partial charge on any atom is -0.476 e. The molecule has 2 aromatic carbocycles. The molecule has 1 atom stereocenters. The number of pyridine rings is 1. The Kier molecular flexibility index (Phi) is 5.76. The fraction of sp³-hybridized carbons (Fsp3) is 0.185. The maximum atomic E-state index is 13.2. The summed E-state index contributed by atoms with van der Waals surface area (Å²) in [5, 5.41) is 18.7. The summed E-state index contributed by atoms with van der Waals surface area (Å²) in [6, 6.07) is 11.8. The molecule has 0 bridgehead atoms. The number of nitrogens with one attached hydrogen (secondary N) is 1. The van der Waals surface area contributed by atoms with Gasteiger partial charge in [0.15, 0.2) is 11.1 Å². The second-order valence-electron chi connectivity index (χ2n) is 8.94. The van der Waals surface area contributed by atoms with Gasteiger partial charge in [0, 0.05) is 35.8 Å². The second-order valence-corrected chi connectivity index (χ2v) is 9.33. The van der Waals surface area contributed by atoms with Gasteiger partial charge < -0.3 is 14.8 Å². The summed E-state index contributed by atoms with van der Waals surface area (Å²) in [4.78, 5) is 28.8. The van der Waals surface area contributed by atoms with E-state index in [4.69, 9.17) is 16.0 Å². The highest BCUT2D eigenvalue weighted by Gasteiger charge is 2.20. The lowest BCUT2D eigenvalue weighted by molar-refractivity contribution is 0.0691. The maximum absolute atomic E-state index is 13.2. The SMILES string of the molecule is Cc1cc(C(C)Nc2ccc(Cl)nc2C(=O)O)c2oc(-c3cc(C)c4nn(C)cc4c3)cc(=O)c2c1. The van der Waals surface area contributed by atoms with E-state index in [9.17, 15) is 14.7 Å². The summed E-state index contributed by atoms with van der Waals surface area (Å²) in [5.41, 5.74) is 4.64. The largest absolute Gasteiger partial charge is 0.476 e. The van der Waals surface area contributed by atoms with Crippen molar-refractivity contribution in [1.29, 1.82) is 0 Å². The van der Waals surface area contributed by atoms with Gasteiger partial charge in [0.2, 0.25) is 0 Å². The zero-order valence-electron chi connectivity index (χ0n) is 20.1. The van der Waals surface area contributed by atoms with Gasteiger partial charge >= 0.3 is 5.97 Å². The van der Waals surface area contributed by atoms with Crippen molar-refractivity contribution in [3.05, 3.63) is 86.4 Å². The quantitative estimate of drug-likeness (QED) is 0.288. The topological polar surface area (TPSA) is 110 Å². The predicted molar refractivity (Wildman–Crippen MR) is 140 cm³/mol. The van der Waals surface area contributed by atoms with E-state index < -0.39 is 12.0 Å². The van der Waals surface area contributed by atoms with Gasteiger partial charge in [-0.05, 0) is 62.2 Å². The highest BCUT2D eigenvalue weighted by atomic mass is 35.5. The number of carboxylic acids is 1. The van der Waals surface area contributed by atoms with E-state index in [0.717, 1.165) is 33.2 Å². The fourth-order valence-electron chi connectivity index (χ4n) is 4.50. The molecule has 0 aliphatic heterocycles. The first-order valence-corrected chi connectivity index (χ1v) is 11.7. The molecule has 1 unspecified atom stereocenters. The first-order chi connectivity index (χ1) is 17.1. The van der Waals surface area contributed by atoms with Gasteiger partial charge in [-0.2, -0.15) is 5.10 Å². The number of rotatable bonds is 5. The first-order valence-electron chi connectivity index (χ1n) is 11.3. The number of fused-ring (bicyclic) bond motifs is 2. The molecule has 36 heavy (non-hydrogen) atoms. The Morgan fingerprint density at radius 1 is 1.17 bits per heavy atom. The number of aromatic carboxylic acids is 1. The summed E-state index contributed by atoms with van der Waals surface area (Å²) < 4.78 is 8.11. The van der Waals surface area contributed by atoms with Crippen LogP contribution in [0.25, 0.3) is 33.2 Å². The van der Waals surface area contributed by atoms with Crippen molar-refractivity contribution in [2.75, 3.05) is 5.32 Å². The van der Waals surface area contributed by atoms with Crippen LogP contribution in [0.2, 0.25) is 5.15 Å². The van der Waals surface area contributed by atoms with E-state index in [-0.39, 0.29) is 16.3 Å². The lowest BCUT2D eigenvalue weighted by Gasteiger charge is -2.19. The number of carboxylic acid groups (broad SMARTS) is 1. The Bertz CT molecular complexity index is 1740. The molecule has 0 radical (unpaired) electrons. The molecule has 3 heterocycles. The van der Waals surface area contributed by atoms with Gasteiger partial charge in [-0.1, -0.05) is 17.7 Å². The van der Waals surface area contributed by atoms with Crippen molar-refractivity contribution in [3.63, 3.8) is 0 Å². The average molecular weight is 503 g/mol. The molecule has 0 saturated carbocycles. The highest BCUT2D eigenvalue weighted by molar-refractivity contribution is 6.29. The number of aromatic nitrogens is 3. The van der Waals surface area contributed by atoms with Crippen LogP contribution < -0.4 is 10.7 Å². The minimum absolute atomic E-state index is 0.0862. The van der Waals surface area contributed by atoms with Crippen LogP contribution in [0.1, 0.15) is 40.1 Å². The van der Waals surface area contributed by atoms with Crippen LogP contribution in [0.5, 0.6) is 0 Å². The minimum atomic E-state index is -1.20. The molecule has 5 rings (SSSR count). The van der Waals surface area contributed by atoms with E-state index in [0.29, 0.717) is 22.4 Å². The van der Waals surface area contributed by atoms with Crippen LogP contribution in [0.4, 0.5) is 5.69 Å². The van der Waals surface area contributed by atoms with Crippen LogP contribution in [0.15, 0.2) is 57.9 Å². The summed E-state index contributed by atoms with van der Waals surface area (Å²) in [6.07, 6.45) is 1.92. The second kappa shape index (κ2) is 8.80. The van der Waals surface area contributed by atoms with E-state index in [1.807, 2.05) is 52.2 Å². The highest BCUT2D eigenvalue weighted by Crippen LogP contribution is 2.33. The Hall–Kier alpha value is -4.17. The van der Waals surface area contributed by atoms with Crippen LogP contribution in [-0.4, -0.2) is 25.8 Å². The third-order valence-corrected chi connectivity index (χ3v) is 6.31. The predicted octanol–water partition coefficient (Wildman–Crippen LogP) is 5.88. The van der Waals surface area contributed by atoms with Crippen molar-refractivity contribution in [2.24, 2.45) is 7.05 Å². The van der Waals surface area contributed by atoms with Crippen LogP contribution in [0, 0.1) is 13.8 Å². The zero-order valence-corrected chi connectivity index (χ0v) is 20.8. The van der Waals surface area contributed by atoms with Gasteiger partial charge in [0.1, 0.15) is 16.5 Å². The molecule has 3 aromatic heterocycles. The molecule has 0 aliphatic rings. The van der Waals surface area contributed by atoms with Crippen molar-refractivity contribution < 1.29 is 14.3 Å². The normalized spacial score (nSPS) is 12.2. The fourth-order valence-corrected chi connectivity index (χ4v) is 4.64. The van der Waals surface area contributed by atoms with E-state index in [2.05, 4.69) is 15.4 Å². The van der Waals surface area contributed by atoms with Crippen molar-refractivity contribution in [3.8, 4) is 11.3 Å². The lowest BCUT2D eigenvalue weighted by Crippen LogP contribution is -2.13. The number of benzene rings is 2. The smallest absolute Gasteiger partial charge is 0.356 e. The van der Waals surface area contributed by atoms with Crippen molar-refractivity contribution >= 4 is 45.1 Å². The summed E-state index contributed by atoms with van der Waals surface area (Å²) in [6.45, 7) is 5.74. The summed E-state index contributed by atoms with van der Waals surface area (Å²) in [7, 11) is 1.87. The van der Waals surface area contributed by atoms with Crippen LogP contribution >= 0.6 is 11.6 Å². The monoisotopic (exact) mass is 502 g/mol. The van der Waals surface area contributed by atoms with Gasteiger partial charge in [-0.3, -0.25) is 9.48 Å². The molecule has 5 aromatic rings. The van der Waals surface area contributed by atoms with Gasteiger partial charge in [0.05, 0.1) is 22.6 Å². The molecule has 0 spiro atoms. The molecular formula is C27H23ClN4O4. The number of halogens is 1. The van der Waals surface area contributed by atoms with Crippen molar-refractivity contribution in [1.82, 2.24) is 14.8 Å². The number of hydrogen-bond acceptors (Lipinski definition) is 6. The first kappa shape index (κ1) is 23.6. The third kappa shape index (κ3) is 4.20. The number of nitrogens with zero attached hydrogens (tertiary/aromatic N) is 3. The summed E-state index contributed by atoms with van der Waals surface area (Å²) in [5.74, 6) is -0.755. The molecule has 8 nitrogen and oxygen atoms in total. The van der Waals surface area contributed by atoms with Gasteiger partial charge in [0.25, 0.3) is 0 Å². The number of hydrogen-bond donors (Lipinski definition) is 2. The molecular weight excluding hydrogens is 480 g/mol. The molecule has 0 fully saturated rings. The van der Waals surface area contributed by atoms with Crippen LogP contribution in [0.3, 0.4) is 0 Å². The zero-order chi connectivity index (χ0) is 25.7. The van der Waals surface area contributed by atoms with Crippen LogP contribution in [-0.2, 0) is 7.05 Å².